The fourth-order valence-corrected chi connectivity index (χ4v) is 0.791. The lowest BCUT2D eigenvalue weighted by molar-refractivity contribution is 0.186. The molecule has 0 heterocycles. The van der Waals surface area contributed by atoms with E-state index in [-0.39, 0.29) is 11.3 Å². The Morgan fingerprint density at radius 1 is 1.64 bits per heavy atom. The fraction of sp³-hybridized carbons (Fsp3) is 0.250. The van der Waals surface area contributed by atoms with Gasteiger partial charge in [-0.1, -0.05) is 12.1 Å². The van der Waals surface area contributed by atoms with Crippen molar-refractivity contribution in [3.63, 3.8) is 0 Å². The van der Waals surface area contributed by atoms with E-state index in [9.17, 15) is 5.11 Å². The van der Waals surface area contributed by atoms with Crippen molar-refractivity contribution in [1.82, 2.24) is 0 Å². The Balaban J connectivity index is 2.96. The zero-order chi connectivity index (χ0) is 10.1. The first-order chi connectivity index (χ1) is 5.91. The zero-order valence-corrected chi connectivity index (χ0v) is 5.86. The normalized spacial score (nSPS) is 16.9. The molecule has 0 spiro atoms. The van der Waals surface area contributed by atoms with Crippen LogP contribution in [0.25, 0.3) is 0 Å². The Labute approximate surface area is 67.9 Å². The highest BCUT2D eigenvalue weighted by molar-refractivity contribution is 5.28. The minimum Gasteiger partial charge on any atom is -0.508 e. The number of benzene rings is 1. The summed E-state index contributed by atoms with van der Waals surface area (Å²) < 4.78 is 14.1. The van der Waals surface area contributed by atoms with E-state index < -0.39 is 12.6 Å². The third-order valence-corrected chi connectivity index (χ3v) is 1.34. The molecule has 0 saturated heterocycles. The van der Waals surface area contributed by atoms with Crippen molar-refractivity contribution in [3.05, 3.63) is 29.8 Å². The molecule has 0 aromatic heterocycles. The van der Waals surface area contributed by atoms with E-state index in [1.807, 2.05) is 0 Å². The fourth-order valence-electron chi connectivity index (χ4n) is 0.791. The van der Waals surface area contributed by atoms with Gasteiger partial charge in [0.2, 0.25) is 0 Å². The Bertz CT molecular complexity index is 298. The number of rotatable bonds is 2. The summed E-state index contributed by atoms with van der Waals surface area (Å²) in [6, 6.07) is 5.71. The summed E-state index contributed by atoms with van der Waals surface area (Å²) in [6.07, 6.45) is -1.43. The van der Waals surface area contributed by atoms with Crippen LogP contribution < -0.4 is 5.73 Å². The first-order valence-electron chi connectivity index (χ1n) is 4.17. The van der Waals surface area contributed by atoms with Crippen molar-refractivity contribution in [2.24, 2.45) is 5.73 Å². The van der Waals surface area contributed by atoms with Crippen LogP contribution in [-0.4, -0.2) is 16.7 Å². The van der Waals surface area contributed by atoms with Crippen LogP contribution in [-0.2, 0) is 0 Å². The second-order valence-corrected chi connectivity index (χ2v) is 2.16. The van der Waals surface area contributed by atoms with Gasteiger partial charge in [-0.05, 0) is 17.7 Å². The van der Waals surface area contributed by atoms with E-state index in [0.717, 1.165) is 0 Å². The molecule has 1 rings (SSSR count). The molecule has 0 fully saturated rings. The Hall–Kier alpha value is -1.06. The van der Waals surface area contributed by atoms with Crippen LogP contribution >= 0.6 is 0 Å². The van der Waals surface area contributed by atoms with Gasteiger partial charge in [-0.25, -0.2) is 0 Å². The molecule has 1 aromatic rings. The molecule has 0 amide bonds. The summed E-state index contributed by atoms with van der Waals surface area (Å²) >= 11 is 0. The van der Waals surface area contributed by atoms with Crippen LogP contribution in [0.5, 0.6) is 5.75 Å². The standard InChI is InChI=1S/C8H11NO2/c9-5-8(11)6-2-1-3-7(10)4-6/h1-4,8,10-11H,5,9H2/t8-/m0/s1/i5D2. The van der Waals surface area contributed by atoms with Gasteiger partial charge in [-0.2, -0.15) is 0 Å². The predicted molar refractivity (Wildman–Crippen MR) is 42.1 cm³/mol. The molecule has 0 aliphatic heterocycles. The summed E-state index contributed by atoms with van der Waals surface area (Å²) in [7, 11) is 0. The molecule has 0 saturated carbocycles. The number of aliphatic hydroxyl groups excluding tert-OH is 1. The molecule has 1 aromatic carbocycles. The van der Waals surface area contributed by atoms with Gasteiger partial charge in [0.05, 0.1) is 6.10 Å². The number of aliphatic hydroxyl groups is 1. The van der Waals surface area contributed by atoms with Gasteiger partial charge in [0.15, 0.2) is 0 Å². The molecule has 0 aliphatic rings. The van der Waals surface area contributed by atoms with Gasteiger partial charge in [0, 0.05) is 9.24 Å². The second kappa shape index (κ2) is 3.37. The highest BCUT2D eigenvalue weighted by Crippen LogP contribution is 2.16. The SMILES string of the molecule is [2H]C([2H])(N)[C@H](O)c1cccc(O)c1. The molecule has 11 heavy (non-hydrogen) atoms. The maximum Gasteiger partial charge on any atom is 0.115 e. The summed E-state index contributed by atoms with van der Waals surface area (Å²) in [5, 5.41) is 18.4. The van der Waals surface area contributed by atoms with E-state index in [0.29, 0.717) is 0 Å². The third-order valence-electron chi connectivity index (χ3n) is 1.34. The molecule has 0 unspecified atom stereocenters. The molecule has 1 atom stereocenters. The van der Waals surface area contributed by atoms with Gasteiger partial charge < -0.3 is 15.9 Å². The Kier molecular flexibility index (Phi) is 1.71. The highest BCUT2D eigenvalue weighted by atomic mass is 16.3. The minimum absolute atomic E-state index is 0.0270. The summed E-state index contributed by atoms with van der Waals surface area (Å²) in [5.74, 6) is -0.0270. The quantitative estimate of drug-likeness (QED) is 0.578. The average Bonchev–Trinajstić information content (AvgIpc) is 2.01. The Morgan fingerprint density at radius 3 is 2.91 bits per heavy atom. The number of aromatic hydroxyl groups is 1. The van der Waals surface area contributed by atoms with Crippen LogP contribution in [0.1, 0.15) is 14.4 Å². The third kappa shape index (κ3) is 1.93. The molecular weight excluding hydrogens is 142 g/mol. The van der Waals surface area contributed by atoms with Crippen LogP contribution in [0.3, 0.4) is 0 Å². The smallest absolute Gasteiger partial charge is 0.115 e. The number of phenolic OH excluding ortho intramolecular Hbond substituents is 1. The Morgan fingerprint density at radius 2 is 2.36 bits per heavy atom. The average molecular weight is 155 g/mol. The van der Waals surface area contributed by atoms with Gasteiger partial charge in [-0.3, -0.25) is 0 Å². The minimum atomic E-state index is -2.20. The molecule has 3 nitrogen and oxygen atoms in total. The first kappa shape index (κ1) is 5.57. The van der Waals surface area contributed by atoms with E-state index >= 15 is 0 Å². The largest absolute Gasteiger partial charge is 0.508 e. The topological polar surface area (TPSA) is 66.5 Å². The summed E-state index contributed by atoms with van der Waals surface area (Å²) in [6.45, 7) is -2.20. The molecule has 3 heteroatoms. The van der Waals surface area contributed by atoms with Crippen LogP contribution in [0.2, 0.25) is 0 Å². The van der Waals surface area contributed by atoms with E-state index in [2.05, 4.69) is 0 Å². The van der Waals surface area contributed by atoms with Crippen molar-refractivity contribution in [3.8, 4) is 5.75 Å². The molecule has 0 aliphatic carbocycles. The molecule has 0 radical (unpaired) electrons. The number of phenols is 1. The lowest BCUT2D eigenvalue weighted by Gasteiger charge is -2.06. The first-order valence-corrected chi connectivity index (χ1v) is 3.17. The van der Waals surface area contributed by atoms with Crippen molar-refractivity contribution >= 4 is 0 Å². The lowest BCUT2D eigenvalue weighted by atomic mass is 10.1. The maximum atomic E-state index is 9.37. The van der Waals surface area contributed by atoms with Gasteiger partial charge in [0.25, 0.3) is 0 Å². The lowest BCUT2D eigenvalue weighted by Crippen LogP contribution is -2.11. The molecular formula is C8H11NO2. The highest BCUT2D eigenvalue weighted by Gasteiger charge is 2.03. The van der Waals surface area contributed by atoms with Crippen molar-refractivity contribution < 1.29 is 13.0 Å². The second-order valence-electron chi connectivity index (χ2n) is 2.16. The maximum absolute atomic E-state index is 9.37. The monoisotopic (exact) mass is 155 g/mol. The number of hydrogen-bond acceptors (Lipinski definition) is 3. The van der Waals surface area contributed by atoms with Gasteiger partial charge in [-0.15, -0.1) is 0 Å². The van der Waals surface area contributed by atoms with Crippen molar-refractivity contribution in [2.45, 2.75) is 6.10 Å². The van der Waals surface area contributed by atoms with E-state index in [1.165, 1.54) is 24.3 Å². The molecule has 60 valence electrons. The van der Waals surface area contributed by atoms with Crippen LogP contribution in [0.4, 0.5) is 0 Å². The van der Waals surface area contributed by atoms with E-state index in [4.69, 9.17) is 13.6 Å². The van der Waals surface area contributed by atoms with Crippen LogP contribution in [0.15, 0.2) is 24.3 Å². The van der Waals surface area contributed by atoms with E-state index in [1.54, 1.807) is 0 Å². The summed E-state index contributed by atoms with van der Waals surface area (Å²) in [5.41, 5.74) is 5.32. The van der Waals surface area contributed by atoms with Gasteiger partial charge in [0.1, 0.15) is 5.75 Å². The number of hydrogen-bond donors (Lipinski definition) is 3. The summed E-state index contributed by atoms with van der Waals surface area (Å²) in [4.78, 5) is 0. The molecule has 0 bridgehead atoms. The predicted octanol–water partition coefficient (Wildman–Crippen LogP) is 0.384. The number of nitrogens with two attached hydrogens (primary N) is 1. The van der Waals surface area contributed by atoms with Crippen LogP contribution in [0, 0.1) is 0 Å². The van der Waals surface area contributed by atoms with Gasteiger partial charge >= 0.3 is 0 Å². The zero-order valence-electron chi connectivity index (χ0n) is 7.86. The molecule has 4 N–H and O–H groups in total. The van der Waals surface area contributed by atoms with Crippen molar-refractivity contribution in [1.29, 1.82) is 0 Å². The van der Waals surface area contributed by atoms with Crippen molar-refractivity contribution in [2.75, 3.05) is 6.50 Å².